The van der Waals surface area contributed by atoms with Crippen LogP contribution in [0.2, 0.25) is 0 Å². The highest BCUT2D eigenvalue weighted by atomic mass is 32.2. The third-order valence-electron chi connectivity index (χ3n) is 2.41. The van der Waals surface area contributed by atoms with Crippen molar-refractivity contribution in [3.05, 3.63) is 0 Å². The Kier molecular flexibility index (Phi) is 4.75. The second kappa shape index (κ2) is 5.46. The molecule has 7 heteroatoms. The van der Waals surface area contributed by atoms with Crippen LogP contribution in [0.3, 0.4) is 0 Å². The second-order valence-electron chi connectivity index (χ2n) is 4.36. The minimum atomic E-state index is -3.21. The van der Waals surface area contributed by atoms with E-state index in [4.69, 9.17) is 0 Å². The predicted octanol–water partition coefficient (Wildman–Crippen LogP) is -0.412. The van der Waals surface area contributed by atoms with E-state index in [0.717, 1.165) is 6.26 Å². The van der Waals surface area contributed by atoms with E-state index >= 15 is 0 Å². The van der Waals surface area contributed by atoms with Crippen molar-refractivity contribution in [2.45, 2.75) is 25.3 Å². The van der Waals surface area contributed by atoms with Gasteiger partial charge in [-0.1, -0.05) is 0 Å². The first-order chi connectivity index (χ1) is 7.29. The standard InChI is InChI=1S/C9H19NO4S2/c1-15(11,12)7-8-16(13,14)6-2-5-10-9-3-4-9/h9-10H,2-8H2,1H3. The molecule has 96 valence electrons. The molecule has 0 heterocycles. The molecular formula is C9H19NO4S2. The van der Waals surface area contributed by atoms with Gasteiger partial charge in [-0.2, -0.15) is 0 Å². The first kappa shape index (κ1) is 13.9. The van der Waals surface area contributed by atoms with Gasteiger partial charge >= 0.3 is 0 Å². The summed E-state index contributed by atoms with van der Waals surface area (Å²) in [6.07, 6.45) is 3.97. The van der Waals surface area contributed by atoms with Crippen LogP contribution in [0, 0.1) is 0 Å². The molecule has 1 aliphatic rings. The average molecular weight is 269 g/mol. The normalized spacial score (nSPS) is 17.6. The lowest BCUT2D eigenvalue weighted by Gasteiger charge is -2.04. The van der Waals surface area contributed by atoms with Gasteiger partial charge in [0.15, 0.2) is 9.84 Å². The summed E-state index contributed by atoms with van der Waals surface area (Å²) >= 11 is 0. The van der Waals surface area contributed by atoms with Crippen LogP contribution in [0.15, 0.2) is 0 Å². The second-order valence-corrected chi connectivity index (χ2v) is 8.93. The Morgan fingerprint density at radius 1 is 1.06 bits per heavy atom. The molecule has 0 unspecified atom stereocenters. The maximum Gasteiger partial charge on any atom is 0.151 e. The zero-order chi connectivity index (χ0) is 12.2. The summed E-state index contributed by atoms with van der Waals surface area (Å²) in [6, 6.07) is 0.582. The van der Waals surface area contributed by atoms with Crippen LogP contribution in [0.25, 0.3) is 0 Å². The van der Waals surface area contributed by atoms with Crippen molar-refractivity contribution >= 4 is 19.7 Å². The number of sulfone groups is 2. The third-order valence-corrected chi connectivity index (χ3v) is 5.35. The summed E-state index contributed by atoms with van der Waals surface area (Å²) < 4.78 is 44.5. The molecule has 1 N–H and O–H groups in total. The Hall–Kier alpha value is -0.140. The minimum Gasteiger partial charge on any atom is -0.314 e. The SMILES string of the molecule is CS(=O)(=O)CCS(=O)(=O)CCCNC1CC1. The summed E-state index contributed by atoms with van der Waals surface area (Å²) in [4.78, 5) is 0. The van der Waals surface area contributed by atoms with Crippen molar-refractivity contribution in [3.63, 3.8) is 0 Å². The quantitative estimate of drug-likeness (QED) is 0.606. The van der Waals surface area contributed by atoms with E-state index < -0.39 is 19.7 Å². The van der Waals surface area contributed by atoms with E-state index in [1.807, 2.05) is 0 Å². The highest BCUT2D eigenvalue weighted by Gasteiger charge is 2.20. The van der Waals surface area contributed by atoms with Gasteiger partial charge in [0.25, 0.3) is 0 Å². The molecule has 0 amide bonds. The molecule has 0 radical (unpaired) electrons. The van der Waals surface area contributed by atoms with Gasteiger partial charge in [0.2, 0.25) is 0 Å². The van der Waals surface area contributed by atoms with Crippen LogP contribution in [0.5, 0.6) is 0 Å². The summed E-state index contributed by atoms with van der Waals surface area (Å²) in [5, 5.41) is 3.22. The Morgan fingerprint density at radius 3 is 2.19 bits per heavy atom. The van der Waals surface area contributed by atoms with Crippen molar-refractivity contribution < 1.29 is 16.8 Å². The lowest BCUT2D eigenvalue weighted by Crippen LogP contribution is -2.23. The highest BCUT2D eigenvalue weighted by molar-refractivity contribution is 7.94. The molecule has 1 fully saturated rings. The average Bonchev–Trinajstić information content (AvgIpc) is 2.92. The van der Waals surface area contributed by atoms with Crippen LogP contribution >= 0.6 is 0 Å². The Morgan fingerprint density at radius 2 is 1.69 bits per heavy atom. The van der Waals surface area contributed by atoms with Gasteiger partial charge in [-0.3, -0.25) is 0 Å². The topological polar surface area (TPSA) is 80.3 Å². The Labute approximate surface area is 97.5 Å². The molecule has 0 aromatic heterocycles. The lowest BCUT2D eigenvalue weighted by atomic mass is 10.5. The monoisotopic (exact) mass is 269 g/mol. The molecular weight excluding hydrogens is 250 g/mol. The van der Waals surface area contributed by atoms with Crippen molar-refractivity contribution in [2.75, 3.05) is 30.1 Å². The van der Waals surface area contributed by atoms with E-state index in [2.05, 4.69) is 5.32 Å². The molecule has 1 saturated carbocycles. The van der Waals surface area contributed by atoms with E-state index in [0.29, 0.717) is 19.0 Å². The molecule has 1 aliphatic carbocycles. The van der Waals surface area contributed by atoms with Gasteiger partial charge in [0.1, 0.15) is 9.84 Å². The fraction of sp³-hybridized carbons (Fsp3) is 1.00. The number of nitrogens with one attached hydrogen (secondary N) is 1. The van der Waals surface area contributed by atoms with Crippen molar-refractivity contribution in [3.8, 4) is 0 Å². The van der Waals surface area contributed by atoms with Crippen LogP contribution in [-0.2, 0) is 19.7 Å². The lowest BCUT2D eigenvalue weighted by molar-refractivity contribution is 0.585. The molecule has 0 aromatic carbocycles. The maximum absolute atomic E-state index is 11.4. The van der Waals surface area contributed by atoms with Gasteiger partial charge in [-0.05, 0) is 25.8 Å². The zero-order valence-corrected chi connectivity index (χ0v) is 11.1. The van der Waals surface area contributed by atoms with E-state index in [9.17, 15) is 16.8 Å². The third kappa shape index (κ3) is 7.19. The van der Waals surface area contributed by atoms with Crippen LogP contribution in [0.4, 0.5) is 0 Å². The summed E-state index contributed by atoms with van der Waals surface area (Å²) in [7, 11) is -6.40. The zero-order valence-electron chi connectivity index (χ0n) is 9.48. The predicted molar refractivity (Wildman–Crippen MR) is 64.0 cm³/mol. The first-order valence-electron chi connectivity index (χ1n) is 5.40. The van der Waals surface area contributed by atoms with Crippen molar-refractivity contribution in [1.29, 1.82) is 0 Å². The number of rotatable bonds is 8. The van der Waals surface area contributed by atoms with Crippen molar-refractivity contribution in [2.24, 2.45) is 0 Å². The Balaban J connectivity index is 2.17. The molecule has 16 heavy (non-hydrogen) atoms. The molecule has 0 aliphatic heterocycles. The molecule has 5 nitrogen and oxygen atoms in total. The van der Waals surface area contributed by atoms with Gasteiger partial charge in [-0.25, -0.2) is 16.8 Å². The molecule has 0 bridgehead atoms. The fourth-order valence-corrected chi connectivity index (χ4v) is 4.28. The number of hydrogen-bond acceptors (Lipinski definition) is 5. The molecule has 0 spiro atoms. The van der Waals surface area contributed by atoms with Crippen LogP contribution in [0.1, 0.15) is 19.3 Å². The summed E-state index contributed by atoms with van der Waals surface area (Å²) in [5.41, 5.74) is 0. The Bertz CT molecular complexity index is 409. The van der Waals surface area contributed by atoms with Crippen LogP contribution < -0.4 is 5.32 Å². The first-order valence-corrected chi connectivity index (χ1v) is 9.28. The van der Waals surface area contributed by atoms with Crippen LogP contribution in [-0.4, -0.2) is 52.9 Å². The fourth-order valence-electron chi connectivity index (χ4n) is 1.27. The molecule has 1 rings (SSSR count). The summed E-state index contributed by atoms with van der Waals surface area (Å²) in [5.74, 6) is -0.455. The smallest absolute Gasteiger partial charge is 0.151 e. The molecule has 0 atom stereocenters. The van der Waals surface area contributed by atoms with E-state index in [1.54, 1.807) is 0 Å². The van der Waals surface area contributed by atoms with E-state index in [-0.39, 0.29) is 17.3 Å². The maximum atomic E-state index is 11.4. The van der Waals surface area contributed by atoms with Gasteiger partial charge < -0.3 is 5.32 Å². The van der Waals surface area contributed by atoms with Gasteiger partial charge in [0.05, 0.1) is 17.3 Å². The molecule has 0 saturated heterocycles. The van der Waals surface area contributed by atoms with Gasteiger partial charge in [-0.15, -0.1) is 0 Å². The van der Waals surface area contributed by atoms with E-state index in [1.165, 1.54) is 12.8 Å². The van der Waals surface area contributed by atoms with Gasteiger partial charge in [0, 0.05) is 12.3 Å². The highest BCUT2D eigenvalue weighted by Crippen LogP contribution is 2.18. The molecule has 0 aromatic rings. The minimum absolute atomic E-state index is 0.0717. The van der Waals surface area contributed by atoms with Crippen molar-refractivity contribution in [1.82, 2.24) is 5.32 Å². The number of hydrogen-bond donors (Lipinski definition) is 1. The largest absolute Gasteiger partial charge is 0.314 e. The summed E-state index contributed by atoms with van der Waals surface area (Å²) in [6.45, 7) is 0.697.